The second kappa shape index (κ2) is 5.85. The zero-order valence-electron chi connectivity index (χ0n) is 11.0. The van der Waals surface area contributed by atoms with Gasteiger partial charge in [-0.3, -0.25) is 0 Å². The number of benzene rings is 2. The second-order valence-electron chi connectivity index (χ2n) is 4.94. The summed E-state index contributed by atoms with van der Waals surface area (Å²) in [5.41, 5.74) is 0. The Balaban J connectivity index is 2.06. The zero-order valence-corrected chi connectivity index (χ0v) is 12.2. The van der Waals surface area contributed by atoms with Crippen molar-refractivity contribution in [3.63, 3.8) is 0 Å². The van der Waals surface area contributed by atoms with Gasteiger partial charge in [0.2, 0.25) is 0 Å². The molecule has 0 saturated carbocycles. The largest absolute Gasteiger partial charge is 0.132 e. The van der Waals surface area contributed by atoms with Crippen LogP contribution in [0.1, 0.15) is 12.8 Å². The summed E-state index contributed by atoms with van der Waals surface area (Å²) in [4.78, 5) is 0. The van der Waals surface area contributed by atoms with E-state index >= 15 is 0 Å². The first kappa shape index (κ1) is 12.2. The molecule has 0 saturated heterocycles. The first-order chi connectivity index (χ1) is 9.45. The van der Waals surface area contributed by atoms with E-state index in [1.54, 1.807) is 5.20 Å². The van der Waals surface area contributed by atoms with Gasteiger partial charge in [0.05, 0.1) is 0 Å². The van der Waals surface area contributed by atoms with Crippen molar-refractivity contribution in [3.8, 4) is 0 Å². The van der Waals surface area contributed by atoms with Crippen molar-refractivity contribution in [1.29, 1.82) is 0 Å². The Morgan fingerprint density at radius 3 is 1.74 bits per heavy atom. The van der Waals surface area contributed by atoms with Crippen LogP contribution in [0.15, 0.2) is 84.1 Å². The highest BCUT2D eigenvalue weighted by Gasteiger charge is 2.19. The minimum atomic E-state index is -1.26. The van der Waals surface area contributed by atoms with Crippen molar-refractivity contribution >= 4 is 19.2 Å². The summed E-state index contributed by atoms with van der Waals surface area (Å²) < 4.78 is 0. The predicted octanol–water partition coefficient (Wildman–Crippen LogP) is 2.84. The molecule has 1 heteroatoms. The SMILES string of the molecule is C1=CC([SiH](c2ccccc2)c2ccccc2)=CCC1. The lowest BCUT2D eigenvalue weighted by atomic mass is 10.2. The third-order valence-corrected chi connectivity index (χ3v) is 6.82. The Bertz CT molecular complexity index is 542. The molecule has 0 fully saturated rings. The van der Waals surface area contributed by atoms with E-state index in [2.05, 4.69) is 78.9 Å². The van der Waals surface area contributed by atoms with Crippen molar-refractivity contribution in [2.45, 2.75) is 12.8 Å². The zero-order chi connectivity index (χ0) is 12.9. The summed E-state index contributed by atoms with van der Waals surface area (Å²) in [7, 11) is -1.26. The summed E-state index contributed by atoms with van der Waals surface area (Å²) in [5.74, 6) is 0. The lowest BCUT2D eigenvalue weighted by molar-refractivity contribution is 1.03. The highest BCUT2D eigenvalue weighted by atomic mass is 28.3. The number of hydrogen-bond donors (Lipinski definition) is 0. The summed E-state index contributed by atoms with van der Waals surface area (Å²) >= 11 is 0. The van der Waals surface area contributed by atoms with E-state index in [4.69, 9.17) is 0 Å². The van der Waals surface area contributed by atoms with Crippen LogP contribution in [0.25, 0.3) is 0 Å². The van der Waals surface area contributed by atoms with Crippen LogP contribution in [-0.4, -0.2) is 8.80 Å². The molecule has 1 aliphatic carbocycles. The summed E-state index contributed by atoms with van der Waals surface area (Å²) in [6.45, 7) is 0. The van der Waals surface area contributed by atoms with Crippen molar-refractivity contribution < 1.29 is 0 Å². The van der Waals surface area contributed by atoms with E-state index in [1.807, 2.05) is 0 Å². The average Bonchev–Trinajstić information content (AvgIpc) is 2.51. The molecule has 1 aliphatic rings. The predicted molar refractivity (Wildman–Crippen MR) is 85.8 cm³/mol. The van der Waals surface area contributed by atoms with Gasteiger partial charge in [-0.15, -0.1) is 0 Å². The molecule has 0 aliphatic heterocycles. The molecule has 19 heavy (non-hydrogen) atoms. The Morgan fingerprint density at radius 2 is 1.26 bits per heavy atom. The third-order valence-electron chi connectivity index (χ3n) is 3.62. The van der Waals surface area contributed by atoms with Crippen LogP contribution in [0.3, 0.4) is 0 Å². The lowest BCUT2D eigenvalue weighted by Gasteiger charge is -2.19. The van der Waals surface area contributed by atoms with Crippen LogP contribution >= 0.6 is 0 Å². The molecule has 0 bridgehead atoms. The summed E-state index contributed by atoms with van der Waals surface area (Å²) in [6.07, 6.45) is 9.49. The maximum Gasteiger partial charge on any atom is 0.132 e. The lowest BCUT2D eigenvalue weighted by Crippen LogP contribution is -2.43. The molecule has 0 amide bonds. The highest BCUT2D eigenvalue weighted by molar-refractivity contribution is 6.91. The molecule has 0 radical (unpaired) electrons. The first-order valence-electron chi connectivity index (χ1n) is 6.91. The van der Waals surface area contributed by atoms with Gasteiger partial charge in [0, 0.05) is 0 Å². The van der Waals surface area contributed by atoms with Gasteiger partial charge in [-0.05, 0) is 12.8 Å². The number of hydrogen-bond acceptors (Lipinski definition) is 0. The van der Waals surface area contributed by atoms with Crippen LogP contribution in [0.2, 0.25) is 0 Å². The van der Waals surface area contributed by atoms with Gasteiger partial charge in [-0.25, -0.2) is 0 Å². The third kappa shape index (κ3) is 2.77. The van der Waals surface area contributed by atoms with Crippen LogP contribution in [0.5, 0.6) is 0 Å². The topological polar surface area (TPSA) is 0 Å². The van der Waals surface area contributed by atoms with E-state index in [0.717, 1.165) is 0 Å². The summed E-state index contributed by atoms with van der Waals surface area (Å²) in [6, 6.07) is 22.0. The highest BCUT2D eigenvalue weighted by Crippen LogP contribution is 2.13. The van der Waals surface area contributed by atoms with Crippen molar-refractivity contribution in [2.24, 2.45) is 0 Å². The molecular weight excluding hydrogens is 244 g/mol. The molecule has 94 valence electrons. The van der Waals surface area contributed by atoms with E-state index in [-0.39, 0.29) is 0 Å². The molecule has 3 rings (SSSR count). The first-order valence-corrected chi connectivity index (χ1v) is 8.65. The fourth-order valence-corrected chi connectivity index (χ4v) is 5.82. The molecule has 0 nitrogen and oxygen atoms in total. The molecule has 0 atom stereocenters. The molecule has 0 unspecified atom stereocenters. The van der Waals surface area contributed by atoms with Crippen molar-refractivity contribution in [3.05, 3.63) is 84.1 Å². The van der Waals surface area contributed by atoms with Crippen LogP contribution in [-0.2, 0) is 0 Å². The quantitative estimate of drug-likeness (QED) is 0.746. The second-order valence-corrected chi connectivity index (χ2v) is 7.80. The maximum absolute atomic E-state index is 2.44. The number of rotatable bonds is 3. The van der Waals surface area contributed by atoms with Crippen molar-refractivity contribution in [2.75, 3.05) is 0 Å². The monoisotopic (exact) mass is 262 g/mol. The van der Waals surface area contributed by atoms with Gasteiger partial charge in [0.1, 0.15) is 8.80 Å². The molecular formula is C18H18Si. The van der Waals surface area contributed by atoms with E-state index in [9.17, 15) is 0 Å². The van der Waals surface area contributed by atoms with E-state index < -0.39 is 8.80 Å². The Hall–Kier alpha value is -1.86. The minimum Gasteiger partial charge on any atom is -0.0845 e. The van der Waals surface area contributed by atoms with E-state index in [0.29, 0.717) is 0 Å². The molecule has 2 aromatic carbocycles. The van der Waals surface area contributed by atoms with Gasteiger partial charge in [0.25, 0.3) is 0 Å². The standard InChI is InChI=1S/C18H18Si/c1-4-10-16(11-5-1)19(17-12-6-2-7-13-17)18-14-8-3-9-15-18/h1-2,4-8,10-15,19H,3,9H2. The smallest absolute Gasteiger partial charge is 0.0845 e. The normalized spacial score (nSPS) is 14.5. The van der Waals surface area contributed by atoms with Crippen LogP contribution in [0, 0.1) is 0 Å². The average molecular weight is 262 g/mol. The van der Waals surface area contributed by atoms with Gasteiger partial charge in [-0.2, -0.15) is 0 Å². The van der Waals surface area contributed by atoms with E-state index in [1.165, 1.54) is 23.2 Å². The van der Waals surface area contributed by atoms with Gasteiger partial charge in [0.15, 0.2) is 0 Å². The Labute approximate surface area is 116 Å². The molecule has 0 heterocycles. The Kier molecular flexibility index (Phi) is 3.75. The maximum atomic E-state index is 2.44. The fourth-order valence-electron chi connectivity index (χ4n) is 2.72. The van der Waals surface area contributed by atoms with Gasteiger partial charge in [-0.1, -0.05) is 94.5 Å². The summed E-state index contributed by atoms with van der Waals surface area (Å²) in [5, 5.41) is 4.57. The van der Waals surface area contributed by atoms with Gasteiger partial charge < -0.3 is 0 Å². The minimum absolute atomic E-state index is 1.19. The Morgan fingerprint density at radius 1 is 0.684 bits per heavy atom. The molecule has 0 aromatic heterocycles. The molecule has 0 N–H and O–H groups in total. The van der Waals surface area contributed by atoms with Crippen LogP contribution in [0.4, 0.5) is 0 Å². The van der Waals surface area contributed by atoms with Crippen molar-refractivity contribution in [1.82, 2.24) is 0 Å². The van der Waals surface area contributed by atoms with Gasteiger partial charge >= 0.3 is 0 Å². The molecule has 0 spiro atoms. The fraction of sp³-hybridized carbons (Fsp3) is 0.111. The number of allylic oxidation sites excluding steroid dienone is 4. The van der Waals surface area contributed by atoms with Crippen LogP contribution < -0.4 is 10.4 Å². The molecule has 2 aromatic rings.